The molecule has 4 N–H and O–H groups in total. The van der Waals surface area contributed by atoms with Crippen LogP contribution in [0.25, 0.3) is 22.3 Å². The van der Waals surface area contributed by atoms with Gasteiger partial charge in [0.25, 0.3) is 5.91 Å². The molecular formula is C25H24N8O5. The number of piperidine rings is 1. The van der Waals surface area contributed by atoms with Crippen LogP contribution in [-0.2, 0) is 9.63 Å². The van der Waals surface area contributed by atoms with Gasteiger partial charge in [-0.1, -0.05) is 6.58 Å². The zero-order valence-corrected chi connectivity index (χ0v) is 20.2. The van der Waals surface area contributed by atoms with Crippen molar-refractivity contribution in [3.05, 3.63) is 55.1 Å². The van der Waals surface area contributed by atoms with Crippen LogP contribution >= 0.6 is 0 Å². The van der Waals surface area contributed by atoms with Gasteiger partial charge in [0.1, 0.15) is 23.5 Å². The van der Waals surface area contributed by atoms with Crippen molar-refractivity contribution in [3.63, 3.8) is 0 Å². The largest absolute Gasteiger partial charge is 0.453 e. The van der Waals surface area contributed by atoms with Gasteiger partial charge in [0.05, 0.1) is 23.7 Å². The van der Waals surface area contributed by atoms with Crippen molar-refractivity contribution >= 4 is 34.4 Å². The third-order valence-electron chi connectivity index (χ3n) is 6.47. The Balaban J connectivity index is 1.39. The minimum atomic E-state index is -0.514. The molecule has 13 nitrogen and oxygen atoms in total. The Bertz CT molecular complexity index is 1550. The zero-order valence-electron chi connectivity index (χ0n) is 20.2. The molecule has 194 valence electrons. The maximum Gasteiger partial charge on any atom is 0.349 e. The van der Waals surface area contributed by atoms with Crippen LogP contribution in [0.1, 0.15) is 29.4 Å². The number of benzene rings is 1. The maximum atomic E-state index is 12.6. The summed E-state index contributed by atoms with van der Waals surface area (Å²) in [5.74, 6) is 0.250. The lowest BCUT2D eigenvalue weighted by Gasteiger charge is -2.31. The first-order chi connectivity index (χ1) is 18.5. The molecule has 4 aromatic rings. The number of carbonyl (C=O) groups excluding carboxylic acids is 2. The van der Waals surface area contributed by atoms with Crippen LogP contribution in [0, 0.1) is 0 Å². The molecule has 3 aromatic heterocycles. The second-order valence-electron chi connectivity index (χ2n) is 8.81. The molecule has 2 aliphatic heterocycles. The number of nitrogens with one attached hydrogen (secondary N) is 2. The molecule has 38 heavy (non-hydrogen) atoms. The number of hydrogen-bond donors (Lipinski definition) is 3. The number of rotatable bonds is 6. The SMILES string of the molecule is C=CC(=O)ON1CCC[C@@H](n2nc(-c3ccc(NC(=O)c4ccc[nH]4)c4c3OCO4)c3c(N)ncnc32)C1. The van der Waals surface area contributed by atoms with Gasteiger partial charge < -0.3 is 30.3 Å². The van der Waals surface area contributed by atoms with Crippen molar-refractivity contribution in [2.45, 2.75) is 18.9 Å². The topological polar surface area (TPSA) is 163 Å². The quantitative estimate of drug-likeness (QED) is 0.325. The van der Waals surface area contributed by atoms with Gasteiger partial charge in [0, 0.05) is 24.4 Å². The van der Waals surface area contributed by atoms with Gasteiger partial charge in [-0.3, -0.25) is 4.79 Å². The molecule has 5 heterocycles. The molecule has 1 amide bonds. The van der Waals surface area contributed by atoms with Crippen LogP contribution in [0.5, 0.6) is 11.5 Å². The fourth-order valence-electron chi connectivity index (χ4n) is 4.75. The number of H-pyrrole nitrogens is 1. The third kappa shape index (κ3) is 4.08. The molecule has 0 aliphatic carbocycles. The van der Waals surface area contributed by atoms with E-state index >= 15 is 0 Å². The van der Waals surface area contributed by atoms with E-state index in [1.165, 1.54) is 6.33 Å². The minimum Gasteiger partial charge on any atom is -0.453 e. The lowest BCUT2D eigenvalue weighted by atomic mass is 10.1. The van der Waals surface area contributed by atoms with Gasteiger partial charge in [-0.2, -0.15) is 5.10 Å². The summed E-state index contributed by atoms with van der Waals surface area (Å²) in [5.41, 5.74) is 8.87. The summed E-state index contributed by atoms with van der Waals surface area (Å²) >= 11 is 0. The average molecular weight is 517 g/mol. The number of hydrogen-bond acceptors (Lipinski definition) is 10. The number of carbonyl (C=O) groups is 2. The Morgan fingerprint density at radius 1 is 1.24 bits per heavy atom. The number of hydroxylamine groups is 2. The summed E-state index contributed by atoms with van der Waals surface area (Å²) in [6.45, 7) is 4.46. The van der Waals surface area contributed by atoms with Gasteiger partial charge >= 0.3 is 5.97 Å². The summed E-state index contributed by atoms with van der Waals surface area (Å²) in [5, 5.41) is 9.92. The van der Waals surface area contributed by atoms with E-state index in [4.69, 9.17) is 25.1 Å². The van der Waals surface area contributed by atoms with E-state index in [9.17, 15) is 9.59 Å². The van der Waals surface area contributed by atoms with E-state index in [1.807, 2.05) is 0 Å². The Morgan fingerprint density at radius 3 is 2.92 bits per heavy atom. The average Bonchev–Trinajstić information content (AvgIpc) is 3.70. The number of aromatic nitrogens is 5. The van der Waals surface area contributed by atoms with Gasteiger partial charge in [0.15, 0.2) is 17.1 Å². The second-order valence-corrected chi connectivity index (χ2v) is 8.81. The first-order valence-corrected chi connectivity index (χ1v) is 12.0. The predicted molar refractivity (Wildman–Crippen MR) is 136 cm³/mol. The summed E-state index contributed by atoms with van der Waals surface area (Å²) in [7, 11) is 0. The molecule has 0 bridgehead atoms. The molecular weight excluding hydrogens is 492 g/mol. The van der Waals surface area contributed by atoms with E-state index in [0.29, 0.717) is 58.3 Å². The van der Waals surface area contributed by atoms with Crippen molar-refractivity contribution in [2.75, 3.05) is 30.9 Å². The molecule has 2 aliphatic rings. The summed E-state index contributed by atoms with van der Waals surface area (Å²) < 4.78 is 13.3. The smallest absolute Gasteiger partial charge is 0.349 e. The van der Waals surface area contributed by atoms with Crippen LogP contribution in [0.2, 0.25) is 0 Å². The molecule has 0 spiro atoms. The monoisotopic (exact) mass is 516 g/mol. The summed E-state index contributed by atoms with van der Waals surface area (Å²) in [6.07, 6.45) is 5.77. The maximum absolute atomic E-state index is 12.6. The van der Waals surface area contributed by atoms with E-state index in [-0.39, 0.29) is 24.6 Å². The van der Waals surface area contributed by atoms with Crippen molar-refractivity contribution in [1.29, 1.82) is 0 Å². The van der Waals surface area contributed by atoms with Crippen molar-refractivity contribution in [1.82, 2.24) is 29.8 Å². The summed E-state index contributed by atoms with van der Waals surface area (Å²) in [4.78, 5) is 41.3. The standard InChI is InChI=1S/C25H24N8O5/c1-2-18(34)38-32-10-4-5-14(11-32)33-24-19(23(26)28-12-29-24)20(31-33)15-7-8-16(22-21(15)36-13-37-22)30-25(35)17-6-3-9-27-17/h2-3,6-9,12,14,27H,1,4-5,10-11,13H2,(H,30,35)(H2,26,28,29)/t14-/m1/s1. The predicted octanol–water partition coefficient (Wildman–Crippen LogP) is 2.67. The van der Waals surface area contributed by atoms with E-state index in [2.05, 4.69) is 26.8 Å². The Kier molecular flexibility index (Phi) is 5.88. The van der Waals surface area contributed by atoms with Crippen LogP contribution in [-0.4, -0.2) is 61.6 Å². The lowest BCUT2D eigenvalue weighted by Crippen LogP contribution is -2.38. The highest BCUT2D eigenvalue weighted by atomic mass is 16.7. The van der Waals surface area contributed by atoms with Crippen molar-refractivity contribution in [3.8, 4) is 22.8 Å². The van der Waals surface area contributed by atoms with E-state index in [0.717, 1.165) is 18.9 Å². The highest BCUT2D eigenvalue weighted by Gasteiger charge is 2.31. The van der Waals surface area contributed by atoms with E-state index in [1.54, 1.807) is 40.2 Å². The molecule has 1 fully saturated rings. The normalized spacial score (nSPS) is 16.9. The zero-order chi connectivity index (χ0) is 26.2. The second kappa shape index (κ2) is 9.52. The Morgan fingerprint density at radius 2 is 2.11 bits per heavy atom. The fourth-order valence-corrected chi connectivity index (χ4v) is 4.75. The van der Waals surface area contributed by atoms with Crippen LogP contribution in [0.4, 0.5) is 11.5 Å². The number of nitrogen functional groups attached to an aromatic ring is 1. The molecule has 1 aromatic carbocycles. The van der Waals surface area contributed by atoms with Crippen LogP contribution in [0.15, 0.2) is 49.4 Å². The van der Waals surface area contributed by atoms with E-state index < -0.39 is 5.97 Å². The Hall–Kier alpha value is -4.91. The fraction of sp³-hybridized carbons (Fsp3) is 0.240. The molecule has 0 saturated carbocycles. The number of nitrogens with two attached hydrogens (primary N) is 1. The van der Waals surface area contributed by atoms with Gasteiger partial charge in [-0.05, 0) is 37.1 Å². The molecule has 1 saturated heterocycles. The molecule has 6 rings (SSSR count). The Labute approximate surface area is 216 Å². The number of nitrogens with zero attached hydrogens (tertiary/aromatic N) is 5. The van der Waals surface area contributed by atoms with Crippen LogP contribution in [0.3, 0.4) is 0 Å². The number of ether oxygens (including phenoxy) is 2. The number of fused-ring (bicyclic) bond motifs is 2. The van der Waals surface area contributed by atoms with Crippen molar-refractivity contribution < 1.29 is 23.9 Å². The van der Waals surface area contributed by atoms with Crippen LogP contribution < -0.4 is 20.5 Å². The third-order valence-corrected chi connectivity index (χ3v) is 6.47. The van der Waals surface area contributed by atoms with Gasteiger partial charge in [-0.25, -0.2) is 19.4 Å². The molecule has 0 unspecified atom stereocenters. The highest BCUT2D eigenvalue weighted by molar-refractivity contribution is 6.05. The van der Waals surface area contributed by atoms with Gasteiger partial charge in [0.2, 0.25) is 6.79 Å². The number of amides is 1. The first-order valence-electron chi connectivity index (χ1n) is 12.0. The summed E-state index contributed by atoms with van der Waals surface area (Å²) in [6, 6.07) is 6.79. The molecule has 1 atom stereocenters. The number of anilines is 2. The first kappa shape index (κ1) is 23.5. The molecule has 13 heteroatoms. The number of aromatic amines is 1. The highest BCUT2D eigenvalue weighted by Crippen LogP contribution is 2.48. The minimum absolute atomic E-state index is 0.0192. The van der Waals surface area contributed by atoms with Crippen molar-refractivity contribution in [2.24, 2.45) is 0 Å². The van der Waals surface area contributed by atoms with Gasteiger partial charge in [-0.15, -0.1) is 5.06 Å². The molecule has 0 radical (unpaired) electrons. The lowest BCUT2D eigenvalue weighted by molar-refractivity contribution is -0.191.